The molecule has 1 N–H and O–H groups in total. The van der Waals surface area contributed by atoms with Crippen molar-refractivity contribution in [3.05, 3.63) is 0 Å². The highest BCUT2D eigenvalue weighted by Crippen LogP contribution is 2.39. The Balaban J connectivity index is 1.91. The maximum atomic E-state index is 12.3. The summed E-state index contributed by atoms with van der Waals surface area (Å²) in [5, 5.41) is 10.3. The third kappa shape index (κ3) is 3.17. The SMILES string of the molecule is CC1(C)CN(C(=O)CC2CCS(=O)(=O)CC2)C[C@]1(C)O. The van der Waals surface area contributed by atoms with Crippen molar-refractivity contribution in [1.29, 1.82) is 0 Å². The fraction of sp³-hybridized carbons (Fsp3) is 0.929. The Hall–Kier alpha value is -0.620. The summed E-state index contributed by atoms with van der Waals surface area (Å²) >= 11 is 0. The smallest absolute Gasteiger partial charge is 0.222 e. The average Bonchev–Trinajstić information content (AvgIpc) is 2.51. The summed E-state index contributed by atoms with van der Waals surface area (Å²) in [5.74, 6) is 0.613. The maximum Gasteiger partial charge on any atom is 0.222 e. The Morgan fingerprint density at radius 1 is 1.20 bits per heavy atom. The molecular weight excluding hydrogens is 278 g/mol. The van der Waals surface area contributed by atoms with E-state index in [-0.39, 0.29) is 28.7 Å². The molecule has 2 heterocycles. The lowest BCUT2D eigenvalue weighted by Crippen LogP contribution is -2.40. The van der Waals surface area contributed by atoms with Crippen molar-refractivity contribution in [2.75, 3.05) is 24.6 Å². The lowest BCUT2D eigenvalue weighted by atomic mass is 9.79. The van der Waals surface area contributed by atoms with Crippen molar-refractivity contribution < 1.29 is 18.3 Å². The summed E-state index contributed by atoms with van der Waals surface area (Å²) in [5.41, 5.74) is -1.17. The molecule has 6 heteroatoms. The number of hydrogen-bond donors (Lipinski definition) is 1. The second kappa shape index (κ2) is 4.98. The quantitative estimate of drug-likeness (QED) is 0.819. The number of β-amino-alcohol motifs (C(OH)–C–C–N with tert-alkyl or cyclic N) is 1. The number of carbonyl (C=O) groups excluding carboxylic acids is 1. The highest BCUT2D eigenvalue weighted by molar-refractivity contribution is 7.91. The highest BCUT2D eigenvalue weighted by atomic mass is 32.2. The van der Waals surface area contributed by atoms with E-state index in [9.17, 15) is 18.3 Å². The number of rotatable bonds is 2. The van der Waals surface area contributed by atoms with Crippen LogP contribution in [0.2, 0.25) is 0 Å². The molecule has 0 aromatic heterocycles. The van der Waals surface area contributed by atoms with Crippen LogP contribution in [0.15, 0.2) is 0 Å². The largest absolute Gasteiger partial charge is 0.388 e. The van der Waals surface area contributed by atoms with Gasteiger partial charge in [-0.15, -0.1) is 0 Å². The molecule has 2 aliphatic heterocycles. The molecule has 5 nitrogen and oxygen atoms in total. The molecule has 20 heavy (non-hydrogen) atoms. The first kappa shape index (κ1) is 15.8. The zero-order valence-electron chi connectivity index (χ0n) is 12.6. The minimum atomic E-state index is -2.87. The highest BCUT2D eigenvalue weighted by Gasteiger charge is 2.49. The van der Waals surface area contributed by atoms with Crippen molar-refractivity contribution in [2.45, 2.75) is 45.6 Å². The van der Waals surface area contributed by atoms with E-state index in [1.54, 1.807) is 11.8 Å². The summed E-state index contributed by atoms with van der Waals surface area (Å²) in [4.78, 5) is 14.0. The summed E-state index contributed by atoms with van der Waals surface area (Å²) in [6.45, 7) is 6.63. The molecule has 0 spiro atoms. The van der Waals surface area contributed by atoms with E-state index in [0.717, 1.165) is 0 Å². The summed E-state index contributed by atoms with van der Waals surface area (Å²) < 4.78 is 22.8. The van der Waals surface area contributed by atoms with Gasteiger partial charge in [-0.25, -0.2) is 8.42 Å². The van der Waals surface area contributed by atoms with E-state index < -0.39 is 15.4 Å². The Labute approximate surface area is 121 Å². The first-order chi connectivity index (χ1) is 9.02. The predicted molar refractivity (Wildman–Crippen MR) is 77.0 cm³/mol. The van der Waals surface area contributed by atoms with Crippen molar-refractivity contribution in [1.82, 2.24) is 4.90 Å². The van der Waals surface area contributed by atoms with Crippen molar-refractivity contribution >= 4 is 15.7 Å². The van der Waals surface area contributed by atoms with Gasteiger partial charge in [-0.2, -0.15) is 0 Å². The van der Waals surface area contributed by atoms with Crippen LogP contribution in [-0.2, 0) is 14.6 Å². The van der Waals surface area contributed by atoms with Gasteiger partial charge < -0.3 is 10.0 Å². The van der Waals surface area contributed by atoms with Gasteiger partial charge in [0.1, 0.15) is 9.84 Å². The second-order valence-electron chi connectivity index (χ2n) is 7.21. The standard InChI is InChI=1S/C14H25NO4S/c1-13(2)9-15(10-14(13,3)17)12(16)8-11-4-6-20(18,19)7-5-11/h11,17H,4-10H2,1-3H3/t14-/m0/s1. The Morgan fingerprint density at radius 2 is 1.75 bits per heavy atom. The first-order valence-corrected chi connectivity index (χ1v) is 9.05. The lowest BCUT2D eigenvalue weighted by molar-refractivity contribution is -0.132. The normalized spacial score (nSPS) is 33.3. The average molecular weight is 303 g/mol. The minimum absolute atomic E-state index is 0.0418. The van der Waals surface area contributed by atoms with Gasteiger partial charge in [0.05, 0.1) is 17.1 Å². The van der Waals surface area contributed by atoms with Gasteiger partial charge in [0, 0.05) is 24.9 Å². The monoisotopic (exact) mass is 303 g/mol. The number of aliphatic hydroxyl groups is 1. The predicted octanol–water partition coefficient (Wildman–Crippen LogP) is 0.821. The summed E-state index contributed by atoms with van der Waals surface area (Å²) in [7, 11) is -2.87. The fourth-order valence-corrected chi connectivity index (χ4v) is 4.57. The van der Waals surface area contributed by atoms with Crippen LogP contribution in [0, 0.1) is 11.3 Å². The molecule has 2 aliphatic rings. The molecule has 0 radical (unpaired) electrons. The van der Waals surface area contributed by atoms with Crippen LogP contribution >= 0.6 is 0 Å². The van der Waals surface area contributed by atoms with Gasteiger partial charge in [-0.3, -0.25) is 4.79 Å². The molecule has 0 bridgehead atoms. The van der Waals surface area contributed by atoms with E-state index in [0.29, 0.717) is 32.4 Å². The third-order valence-corrected chi connectivity index (χ3v) is 6.75. The lowest BCUT2D eigenvalue weighted by Gasteiger charge is -2.30. The van der Waals surface area contributed by atoms with Gasteiger partial charge in [-0.05, 0) is 25.7 Å². The maximum absolute atomic E-state index is 12.3. The van der Waals surface area contributed by atoms with Gasteiger partial charge in [-0.1, -0.05) is 13.8 Å². The molecule has 0 aromatic rings. The molecule has 0 unspecified atom stereocenters. The summed E-state index contributed by atoms with van der Waals surface area (Å²) in [6.07, 6.45) is 1.57. The van der Waals surface area contributed by atoms with Crippen LogP contribution in [-0.4, -0.2) is 54.5 Å². The Morgan fingerprint density at radius 3 is 2.20 bits per heavy atom. The molecule has 116 valence electrons. The molecule has 0 aliphatic carbocycles. The number of hydrogen-bond acceptors (Lipinski definition) is 4. The van der Waals surface area contributed by atoms with Gasteiger partial charge in [0.2, 0.25) is 5.91 Å². The van der Waals surface area contributed by atoms with Crippen molar-refractivity contribution in [2.24, 2.45) is 11.3 Å². The number of carbonyl (C=O) groups is 1. The van der Waals surface area contributed by atoms with Crippen LogP contribution < -0.4 is 0 Å². The number of likely N-dealkylation sites (tertiary alicyclic amines) is 1. The van der Waals surface area contributed by atoms with Crippen LogP contribution in [0.25, 0.3) is 0 Å². The van der Waals surface area contributed by atoms with E-state index >= 15 is 0 Å². The third-order valence-electron chi connectivity index (χ3n) is 5.03. The Kier molecular flexibility index (Phi) is 3.93. The van der Waals surface area contributed by atoms with Crippen LogP contribution in [0.5, 0.6) is 0 Å². The van der Waals surface area contributed by atoms with E-state index in [2.05, 4.69) is 0 Å². The zero-order chi connectivity index (χ0) is 15.2. The molecule has 0 aromatic carbocycles. The van der Waals surface area contributed by atoms with Crippen LogP contribution in [0.4, 0.5) is 0 Å². The molecule has 1 atom stereocenters. The fourth-order valence-electron chi connectivity index (χ4n) is 2.98. The molecule has 2 fully saturated rings. The van der Waals surface area contributed by atoms with E-state index in [1.165, 1.54) is 0 Å². The number of sulfone groups is 1. The Bertz CT molecular complexity index is 465. The molecule has 2 saturated heterocycles. The number of amides is 1. The topological polar surface area (TPSA) is 74.7 Å². The molecular formula is C14H25NO4S. The molecule has 2 rings (SSSR count). The van der Waals surface area contributed by atoms with E-state index in [1.807, 2.05) is 13.8 Å². The molecule has 1 amide bonds. The zero-order valence-corrected chi connectivity index (χ0v) is 13.4. The second-order valence-corrected chi connectivity index (χ2v) is 9.51. The minimum Gasteiger partial charge on any atom is -0.388 e. The van der Waals surface area contributed by atoms with Gasteiger partial charge in [0.25, 0.3) is 0 Å². The van der Waals surface area contributed by atoms with Crippen LogP contribution in [0.3, 0.4) is 0 Å². The van der Waals surface area contributed by atoms with Gasteiger partial charge >= 0.3 is 0 Å². The van der Waals surface area contributed by atoms with Crippen molar-refractivity contribution in [3.63, 3.8) is 0 Å². The van der Waals surface area contributed by atoms with Crippen molar-refractivity contribution in [3.8, 4) is 0 Å². The van der Waals surface area contributed by atoms with Crippen LogP contribution in [0.1, 0.15) is 40.0 Å². The first-order valence-electron chi connectivity index (χ1n) is 7.23. The van der Waals surface area contributed by atoms with Gasteiger partial charge in [0.15, 0.2) is 0 Å². The number of nitrogens with zero attached hydrogens (tertiary/aromatic N) is 1. The molecule has 0 saturated carbocycles. The van der Waals surface area contributed by atoms with E-state index in [4.69, 9.17) is 0 Å². The summed E-state index contributed by atoms with van der Waals surface area (Å²) in [6, 6.07) is 0.